The van der Waals surface area contributed by atoms with Crippen LogP contribution in [0.1, 0.15) is 29.0 Å². The number of aromatic nitrogens is 1. The Morgan fingerprint density at radius 1 is 1.56 bits per heavy atom. The number of hydrogen-bond acceptors (Lipinski definition) is 3. The lowest BCUT2D eigenvalue weighted by Gasteiger charge is -2.21. The summed E-state index contributed by atoms with van der Waals surface area (Å²) in [6, 6.07) is 5.91. The lowest BCUT2D eigenvalue weighted by atomic mass is 10.2. The molecule has 4 nitrogen and oxygen atoms in total. The van der Waals surface area contributed by atoms with Gasteiger partial charge >= 0.3 is 0 Å². The molecule has 4 heteroatoms. The molecule has 86 valence electrons. The van der Waals surface area contributed by atoms with Gasteiger partial charge in [0.05, 0.1) is 0 Å². The Hall–Kier alpha value is -1.42. The summed E-state index contributed by atoms with van der Waals surface area (Å²) in [6.45, 7) is 3.02. The van der Waals surface area contributed by atoms with Gasteiger partial charge in [-0.05, 0) is 31.9 Å². The molecule has 2 N–H and O–H groups in total. The predicted molar refractivity (Wildman–Crippen MR) is 62.1 cm³/mol. The first kappa shape index (κ1) is 11.1. The van der Waals surface area contributed by atoms with Crippen LogP contribution in [0.15, 0.2) is 18.2 Å². The van der Waals surface area contributed by atoms with Crippen molar-refractivity contribution >= 4 is 5.91 Å². The number of pyridine rings is 1. The number of aryl methyl sites for hydroxylation is 1. The van der Waals surface area contributed by atoms with Gasteiger partial charge in [0.25, 0.3) is 5.91 Å². The first-order valence-electron chi connectivity index (χ1n) is 5.67. The molecule has 16 heavy (non-hydrogen) atoms. The van der Waals surface area contributed by atoms with Crippen molar-refractivity contribution < 1.29 is 4.79 Å². The maximum Gasteiger partial charge on any atom is 0.272 e. The fourth-order valence-electron chi connectivity index (χ4n) is 1.78. The van der Waals surface area contributed by atoms with Gasteiger partial charge in [0, 0.05) is 24.8 Å². The lowest BCUT2D eigenvalue weighted by Crippen LogP contribution is -2.37. The molecule has 1 aromatic rings. The molecule has 1 fully saturated rings. The molecule has 0 aliphatic heterocycles. The molecule has 2 rings (SSSR count). The van der Waals surface area contributed by atoms with E-state index in [0.717, 1.165) is 18.5 Å². The third kappa shape index (κ3) is 2.39. The lowest BCUT2D eigenvalue weighted by molar-refractivity contribution is 0.0742. The minimum atomic E-state index is 0.0108. The van der Waals surface area contributed by atoms with E-state index in [-0.39, 0.29) is 5.91 Å². The fraction of sp³-hybridized carbons (Fsp3) is 0.500. The minimum Gasteiger partial charge on any atom is -0.333 e. The standard InChI is InChI=1S/C12H17N3O/c1-9-3-2-4-11(14-9)12(16)15(8-7-13)10-5-6-10/h2-4,10H,5-8,13H2,1H3. The van der Waals surface area contributed by atoms with Crippen LogP contribution in [0.4, 0.5) is 0 Å². The maximum absolute atomic E-state index is 12.2. The predicted octanol–water partition coefficient (Wildman–Crippen LogP) is 0.953. The molecular formula is C12H17N3O. The first-order valence-corrected chi connectivity index (χ1v) is 5.67. The maximum atomic E-state index is 12.2. The summed E-state index contributed by atoms with van der Waals surface area (Å²) in [5.74, 6) is 0.0108. The van der Waals surface area contributed by atoms with Crippen molar-refractivity contribution in [3.05, 3.63) is 29.6 Å². The zero-order valence-corrected chi connectivity index (χ0v) is 9.52. The average molecular weight is 219 g/mol. The van der Waals surface area contributed by atoms with Crippen molar-refractivity contribution in [2.24, 2.45) is 5.73 Å². The van der Waals surface area contributed by atoms with Crippen molar-refractivity contribution in [3.8, 4) is 0 Å². The summed E-state index contributed by atoms with van der Waals surface area (Å²) in [5, 5.41) is 0. The Kier molecular flexibility index (Phi) is 3.19. The number of nitrogens with zero attached hydrogens (tertiary/aromatic N) is 2. The SMILES string of the molecule is Cc1cccc(C(=O)N(CCN)C2CC2)n1. The molecule has 1 saturated carbocycles. The second-order valence-electron chi connectivity index (χ2n) is 4.18. The molecule has 0 spiro atoms. The number of carbonyl (C=O) groups is 1. The van der Waals surface area contributed by atoms with E-state index in [1.165, 1.54) is 0 Å². The van der Waals surface area contributed by atoms with E-state index in [4.69, 9.17) is 5.73 Å². The third-order valence-electron chi connectivity index (χ3n) is 2.73. The van der Waals surface area contributed by atoms with Crippen molar-refractivity contribution in [3.63, 3.8) is 0 Å². The minimum absolute atomic E-state index is 0.0108. The average Bonchev–Trinajstić information content (AvgIpc) is 3.09. The number of amides is 1. The summed E-state index contributed by atoms with van der Waals surface area (Å²) in [6.07, 6.45) is 2.19. The number of hydrogen-bond donors (Lipinski definition) is 1. The molecule has 1 heterocycles. The highest BCUT2D eigenvalue weighted by Gasteiger charge is 2.32. The van der Waals surface area contributed by atoms with Gasteiger partial charge in [-0.3, -0.25) is 4.79 Å². The van der Waals surface area contributed by atoms with Crippen LogP contribution in [0.3, 0.4) is 0 Å². The molecule has 0 saturated heterocycles. The Morgan fingerprint density at radius 3 is 2.88 bits per heavy atom. The Bertz CT molecular complexity index is 388. The van der Waals surface area contributed by atoms with E-state index in [2.05, 4.69) is 4.98 Å². The summed E-state index contributed by atoms with van der Waals surface area (Å²) < 4.78 is 0. The molecule has 0 bridgehead atoms. The van der Waals surface area contributed by atoms with Crippen molar-refractivity contribution in [1.82, 2.24) is 9.88 Å². The van der Waals surface area contributed by atoms with Crippen LogP contribution in [-0.4, -0.2) is 34.9 Å². The summed E-state index contributed by atoms with van der Waals surface area (Å²) in [7, 11) is 0. The second-order valence-corrected chi connectivity index (χ2v) is 4.18. The van der Waals surface area contributed by atoms with E-state index in [1.54, 1.807) is 6.07 Å². The second kappa shape index (κ2) is 4.61. The van der Waals surface area contributed by atoms with E-state index >= 15 is 0 Å². The van der Waals surface area contributed by atoms with Crippen LogP contribution >= 0.6 is 0 Å². The molecule has 1 aliphatic rings. The summed E-state index contributed by atoms with van der Waals surface area (Å²) in [5.41, 5.74) is 6.92. The van der Waals surface area contributed by atoms with Gasteiger partial charge in [-0.25, -0.2) is 4.98 Å². The molecule has 1 amide bonds. The van der Waals surface area contributed by atoms with E-state index < -0.39 is 0 Å². The number of rotatable bonds is 4. The van der Waals surface area contributed by atoms with E-state index in [9.17, 15) is 4.79 Å². The van der Waals surface area contributed by atoms with E-state index in [0.29, 0.717) is 24.8 Å². The summed E-state index contributed by atoms with van der Waals surface area (Å²) >= 11 is 0. The zero-order chi connectivity index (χ0) is 11.5. The smallest absolute Gasteiger partial charge is 0.272 e. The van der Waals surface area contributed by atoms with Gasteiger partial charge in [-0.2, -0.15) is 0 Å². The fourth-order valence-corrected chi connectivity index (χ4v) is 1.78. The molecule has 0 unspecified atom stereocenters. The van der Waals surface area contributed by atoms with Gasteiger partial charge in [0.15, 0.2) is 0 Å². The van der Waals surface area contributed by atoms with Crippen LogP contribution in [0, 0.1) is 6.92 Å². The van der Waals surface area contributed by atoms with Crippen molar-refractivity contribution in [1.29, 1.82) is 0 Å². The topological polar surface area (TPSA) is 59.2 Å². The Balaban J connectivity index is 2.15. The zero-order valence-electron chi connectivity index (χ0n) is 9.52. The van der Waals surface area contributed by atoms with Crippen LogP contribution in [0.5, 0.6) is 0 Å². The highest BCUT2D eigenvalue weighted by atomic mass is 16.2. The highest BCUT2D eigenvalue weighted by Crippen LogP contribution is 2.27. The summed E-state index contributed by atoms with van der Waals surface area (Å²) in [4.78, 5) is 18.3. The van der Waals surface area contributed by atoms with Crippen molar-refractivity contribution in [2.75, 3.05) is 13.1 Å². The van der Waals surface area contributed by atoms with Gasteiger partial charge in [-0.15, -0.1) is 0 Å². The van der Waals surface area contributed by atoms with Crippen LogP contribution in [0.2, 0.25) is 0 Å². The van der Waals surface area contributed by atoms with Gasteiger partial charge in [-0.1, -0.05) is 6.07 Å². The highest BCUT2D eigenvalue weighted by molar-refractivity contribution is 5.92. The molecule has 0 atom stereocenters. The van der Waals surface area contributed by atoms with Crippen LogP contribution in [-0.2, 0) is 0 Å². The Morgan fingerprint density at radius 2 is 2.31 bits per heavy atom. The van der Waals surface area contributed by atoms with Crippen LogP contribution in [0.25, 0.3) is 0 Å². The quantitative estimate of drug-likeness (QED) is 0.820. The molecule has 1 aliphatic carbocycles. The monoisotopic (exact) mass is 219 g/mol. The van der Waals surface area contributed by atoms with Gasteiger partial charge < -0.3 is 10.6 Å². The van der Waals surface area contributed by atoms with E-state index in [1.807, 2.05) is 24.0 Å². The molecule has 1 aromatic heterocycles. The molecule has 0 aromatic carbocycles. The first-order chi connectivity index (χ1) is 7.72. The van der Waals surface area contributed by atoms with Gasteiger partial charge in [0.1, 0.15) is 5.69 Å². The van der Waals surface area contributed by atoms with Gasteiger partial charge in [0.2, 0.25) is 0 Å². The van der Waals surface area contributed by atoms with Crippen molar-refractivity contribution in [2.45, 2.75) is 25.8 Å². The normalized spacial score (nSPS) is 14.9. The Labute approximate surface area is 95.5 Å². The largest absolute Gasteiger partial charge is 0.333 e. The molecular weight excluding hydrogens is 202 g/mol. The molecule has 0 radical (unpaired) electrons. The van der Waals surface area contributed by atoms with Crippen LogP contribution < -0.4 is 5.73 Å². The number of carbonyl (C=O) groups excluding carboxylic acids is 1. The number of nitrogens with two attached hydrogens (primary N) is 1. The third-order valence-corrected chi connectivity index (χ3v) is 2.73.